The van der Waals surface area contributed by atoms with E-state index in [2.05, 4.69) is 22.5 Å². The van der Waals surface area contributed by atoms with Gasteiger partial charge in [0.15, 0.2) is 12.0 Å². The standard InChI is InChI=1S/C31H34Cl2N4O4/c1-20(38)34-16-7-8-21-10-15-26(25(33)18-21)37-29(22-11-13-23(32)14-12-22)24(19-41-27-9-5-6-17-40-27)28(36-37)30(39)35-31(2,3)4/h10-15,18,27H,5-6,9,16-17,19H2,1-4H3,(H,34,38)(H,35,39). The summed E-state index contributed by atoms with van der Waals surface area (Å²) in [7, 11) is 0. The van der Waals surface area contributed by atoms with Crippen LogP contribution in [-0.2, 0) is 20.9 Å². The molecular weight excluding hydrogens is 563 g/mol. The second-order valence-electron chi connectivity index (χ2n) is 10.8. The Hall–Kier alpha value is -3.35. The minimum absolute atomic E-state index is 0.111. The lowest BCUT2D eigenvalue weighted by molar-refractivity contribution is -0.168. The first-order valence-corrected chi connectivity index (χ1v) is 14.2. The Labute approximate surface area is 250 Å². The van der Waals surface area contributed by atoms with Crippen molar-refractivity contribution in [2.24, 2.45) is 0 Å². The summed E-state index contributed by atoms with van der Waals surface area (Å²) in [6.07, 6.45) is 2.44. The Bertz CT molecular complexity index is 1460. The number of benzene rings is 2. The highest BCUT2D eigenvalue weighted by Gasteiger charge is 2.29. The molecule has 1 saturated heterocycles. The molecule has 0 radical (unpaired) electrons. The molecule has 1 atom stereocenters. The van der Waals surface area contributed by atoms with Crippen molar-refractivity contribution < 1.29 is 19.1 Å². The van der Waals surface area contributed by atoms with E-state index < -0.39 is 5.54 Å². The highest BCUT2D eigenvalue weighted by Crippen LogP contribution is 2.34. The fourth-order valence-electron chi connectivity index (χ4n) is 4.34. The van der Waals surface area contributed by atoms with E-state index >= 15 is 0 Å². The number of carbonyl (C=O) groups excluding carboxylic acids is 2. The van der Waals surface area contributed by atoms with Crippen LogP contribution in [0.15, 0.2) is 42.5 Å². The highest BCUT2D eigenvalue weighted by molar-refractivity contribution is 6.32. The fraction of sp³-hybridized carbons (Fsp3) is 0.387. The summed E-state index contributed by atoms with van der Waals surface area (Å²) in [5, 5.41) is 11.4. The number of ether oxygens (including phenoxy) is 2. The average Bonchev–Trinajstić information content (AvgIpc) is 3.29. The van der Waals surface area contributed by atoms with Crippen LogP contribution in [0.25, 0.3) is 16.9 Å². The molecule has 1 fully saturated rings. The van der Waals surface area contributed by atoms with E-state index in [1.807, 2.05) is 39.0 Å². The van der Waals surface area contributed by atoms with Crippen molar-refractivity contribution in [3.63, 3.8) is 0 Å². The molecule has 216 valence electrons. The van der Waals surface area contributed by atoms with Crippen LogP contribution in [0.1, 0.15) is 68.6 Å². The number of hydrogen-bond acceptors (Lipinski definition) is 5. The first kappa shape index (κ1) is 30.6. The van der Waals surface area contributed by atoms with Crippen molar-refractivity contribution in [3.8, 4) is 28.8 Å². The molecule has 41 heavy (non-hydrogen) atoms. The van der Waals surface area contributed by atoms with Crippen LogP contribution in [0.4, 0.5) is 0 Å². The Morgan fingerprint density at radius 2 is 1.90 bits per heavy atom. The van der Waals surface area contributed by atoms with Crippen molar-refractivity contribution in [2.45, 2.75) is 65.4 Å². The van der Waals surface area contributed by atoms with Gasteiger partial charge >= 0.3 is 0 Å². The van der Waals surface area contributed by atoms with Crippen LogP contribution in [0.5, 0.6) is 0 Å². The van der Waals surface area contributed by atoms with E-state index in [1.165, 1.54) is 6.92 Å². The number of nitrogens with one attached hydrogen (secondary N) is 2. The van der Waals surface area contributed by atoms with Crippen LogP contribution in [0.3, 0.4) is 0 Å². The molecule has 0 spiro atoms. The van der Waals surface area contributed by atoms with E-state index in [1.54, 1.807) is 28.9 Å². The lowest BCUT2D eigenvalue weighted by Crippen LogP contribution is -2.41. The number of aromatic nitrogens is 2. The quantitative estimate of drug-likeness (QED) is 0.331. The molecule has 2 amide bonds. The highest BCUT2D eigenvalue weighted by atomic mass is 35.5. The normalized spacial score (nSPS) is 15.1. The van der Waals surface area contributed by atoms with Crippen molar-refractivity contribution in [2.75, 3.05) is 13.2 Å². The monoisotopic (exact) mass is 596 g/mol. The third kappa shape index (κ3) is 8.34. The first-order chi connectivity index (χ1) is 19.5. The summed E-state index contributed by atoms with van der Waals surface area (Å²) in [6, 6.07) is 12.7. The minimum atomic E-state index is -0.485. The van der Waals surface area contributed by atoms with Crippen molar-refractivity contribution >= 4 is 35.0 Å². The van der Waals surface area contributed by atoms with Gasteiger partial charge in [0.1, 0.15) is 0 Å². The van der Waals surface area contributed by atoms with Crippen LogP contribution in [0.2, 0.25) is 10.0 Å². The zero-order chi connectivity index (χ0) is 29.6. The molecular formula is C31H34Cl2N4O4. The van der Waals surface area contributed by atoms with Crippen LogP contribution in [0, 0.1) is 11.8 Å². The van der Waals surface area contributed by atoms with Gasteiger partial charge in [0.25, 0.3) is 5.91 Å². The van der Waals surface area contributed by atoms with Crippen molar-refractivity contribution in [1.82, 2.24) is 20.4 Å². The maximum absolute atomic E-state index is 13.6. The number of nitrogens with zero attached hydrogens (tertiary/aromatic N) is 2. The van der Waals surface area contributed by atoms with Crippen LogP contribution in [-0.4, -0.2) is 46.6 Å². The number of rotatable bonds is 7. The molecule has 10 heteroatoms. The largest absolute Gasteiger partial charge is 0.353 e. The predicted molar refractivity (Wildman–Crippen MR) is 160 cm³/mol. The summed E-state index contributed by atoms with van der Waals surface area (Å²) in [4.78, 5) is 24.7. The summed E-state index contributed by atoms with van der Waals surface area (Å²) in [5.41, 5.74) is 3.04. The minimum Gasteiger partial charge on any atom is -0.353 e. The molecule has 0 saturated carbocycles. The topological polar surface area (TPSA) is 94.5 Å². The Kier molecular flexibility index (Phi) is 10.1. The SMILES string of the molecule is CC(=O)NCC#Cc1ccc(-n2nc(C(=O)NC(C)(C)C)c(COC3CCCCO3)c2-c2ccc(Cl)cc2)c(Cl)c1. The average molecular weight is 598 g/mol. The third-order valence-electron chi connectivity index (χ3n) is 6.19. The molecule has 2 N–H and O–H groups in total. The van der Waals surface area contributed by atoms with E-state index in [0.717, 1.165) is 24.8 Å². The molecule has 4 rings (SSSR count). The molecule has 1 aliphatic rings. The van der Waals surface area contributed by atoms with E-state index in [-0.39, 0.29) is 36.9 Å². The first-order valence-electron chi connectivity index (χ1n) is 13.5. The van der Waals surface area contributed by atoms with Gasteiger partial charge in [-0.05, 0) is 70.4 Å². The third-order valence-corrected chi connectivity index (χ3v) is 6.75. The second-order valence-corrected chi connectivity index (χ2v) is 11.6. The zero-order valence-electron chi connectivity index (χ0n) is 23.6. The van der Waals surface area contributed by atoms with Gasteiger partial charge in [-0.3, -0.25) is 9.59 Å². The summed E-state index contributed by atoms with van der Waals surface area (Å²) in [6.45, 7) is 8.16. The van der Waals surface area contributed by atoms with Crippen molar-refractivity contribution in [1.29, 1.82) is 0 Å². The van der Waals surface area contributed by atoms with Gasteiger partial charge in [-0.1, -0.05) is 47.2 Å². The number of halogens is 2. The number of amides is 2. The molecule has 0 aliphatic carbocycles. The maximum Gasteiger partial charge on any atom is 0.272 e. The maximum atomic E-state index is 13.6. The molecule has 1 aromatic heterocycles. The van der Waals surface area contributed by atoms with Crippen LogP contribution >= 0.6 is 23.2 Å². The molecule has 1 unspecified atom stereocenters. The van der Waals surface area contributed by atoms with Gasteiger partial charge in [-0.2, -0.15) is 5.10 Å². The summed E-state index contributed by atoms with van der Waals surface area (Å²) >= 11 is 13.0. The second kappa shape index (κ2) is 13.5. The smallest absolute Gasteiger partial charge is 0.272 e. The number of hydrogen-bond donors (Lipinski definition) is 2. The predicted octanol–water partition coefficient (Wildman–Crippen LogP) is 5.91. The van der Waals surface area contributed by atoms with Gasteiger partial charge < -0.3 is 20.1 Å². The van der Waals surface area contributed by atoms with E-state index in [9.17, 15) is 9.59 Å². The Morgan fingerprint density at radius 3 is 2.54 bits per heavy atom. The molecule has 8 nitrogen and oxygen atoms in total. The number of carbonyl (C=O) groups is 2. The Balaban J connectivity index is 1.82. The van der Waals surface area contributed by atoms with Gasteiger partial charge in [0.2, 0.25) is 5.91 Å². The fourth-order valence-corrected chi connectivity index (χ4v) is 4.72. The van der Waals surface area contributed by atoms with Gasteiger partial charge in [-0.15, -0.1) is 0 Å². The van der Waals surface area contributed by atoms with Gasteiger partial charge in [-0.25, -0.2) is 4.68 Å². The molecule has 3 aromatic rings. The molecule has 0 bridgehead atoms. The van der Waals surface area contributed by atoms with E-state index in [0.29, 0.717) is 39.2 Å². The molecule has 1 aliphatic heterocycles. The zero-order valence-corrected chi connectivity index (χ0v) is 25.2. The van der Waals surface area contributed by atoms with Gasteiger partial charge in [0, 0.05) is 40.8 Å². The molecule has 2 heterocycles. The lowest BCUT2D eigenvalue weighted by atomic mass is 10.0. The summed E-state index contributed by atoms with van der Waals surface area (Å²) < 4.78 is 13.6. The lowest BCUT2D eigenvalue weighted by Gasteiger charge is -2.23. The van der Waals surface area contributed by atoms with Crippen molar-refractivity contribution in [3.05, 3.63) is 69.3 Å². The molecule has 2 aromatic carbocycles. The van der Waals surface area contributed by atoms with Crippen LogP contribution < -0.4 is 10.6 Å². The van der Waals surface area contributed by atoms with Gasteiger partial charge in [0.05, 0.1) is 29.6 Å². The Morgan fingerprint density at radius 1 is 1.15 bits per heavy atom. The summed E-state index contributed by atoms with van der Waals surface area (Å²) in [5.74, 6) is 5.42. The van der Waals surface area contributed by atoms with E-state index in [4.69, 9.17) is 37.8 Å².